The van der Waals surface area contributed by atoms with Crippen molar-refractivity contribution in [3.05, 3.63) is 72.1 Å². The van der Waals surface area contributed by atoms with E-state index in [0.29, 0.717) is 10.8 Å². The molecule has 0 aliphatic heterocycles. The van der Waals surface area contributed by atoms with Crippen LogP contribution in [-0.4, -0.2) is 0 Å². The molecule has 2 aliphatic rings. The SMILES string of the molecule is CC1(C)[C@H]2C=C(P(c3ccccc3)c3ccccc3)[C@@]1(C)CC2. The first-order valence-corrected chi connectivity index (χ1v) is 10.0. The normalized spacial score (nSPS) is 28.2. The van der Waals surface area contributed by atoms with Crippen LogP contribution in [0.2, 0.25) is 0 Å². The lowest BCUT2D eigenvalue weighted by Crippen LogP contribution is -2.31. The second-order valence-corrected chi connectivity index (χ2v) is 9.94. The predicted molar refractivity (Wildman–Crippen MR) is 102 cm³/mol. The standard InChI is InChI=1S/C22H25P/c1-21(2)17-14-15-22(21,3)20(16-17)23(18-10-6-4-7-11-18)19-12-8-5-9-13-19/h4-13,16-17H,14-15H2,1-3H3/t17-,22-/m1/s1. The molecule has 118 valence electrons. The Kier molecular flexibility index (Phi) is 3.50. The highest BCUT2D eigenvalue weighted by atomic mass is 31.1. The highest BCUT2D eigenvalue weighted by molar-refractivity contribution is 7.76. The molecular formula is C22H25P. The average Bonchev–Trinajstić information content (AvgIpc) is 2.91. The first kappa shape index (κ1) is 15.2. The van der Waals surface area contributed by atoms with E-state index in [2.05, 4.69) is 87.5 Å². The summed E-state index contributed by atoms with van der Waals surface area (Å²) in [5, 5.41) is 4.69. The smallest absolute Gasteiger partial charge is 0.00107 e. The van der Waals surface area contributed by atoms with E-state index >= 15 is 0 Å². The molecule has 1 fully saturated rings. The third-order valence-electron chi connectivity index (χ3n) is 6.50. The molecule has 2 aromatic carbocycles. The molecule has 0 unspecified atom stereocenters. The minimum atomic E-state index is -0.413. The van der Waals surface area contributed by atoms with Crippen molar-refractivity contribution in [1.29, 1.82) is 0 Å². The average molecular weight is 320 g/mol. The van der Waals surface area contributed by atoms with Crippen LogP contribution >= 0.6 is 7.92 Å². The lowest BCUT2D eigenvalue weighted by Gasteiger charge is -2.40. The van der Waals surface area contributed by atoms with E-state index in [9.17, 15) is 0 Å². The number of allylic oxidation sites excluding steroid dienone is 2. The second kappa shape index (κ2) is 5.32. The van der Waals surface area contributed by atoms with E-state index in [1.54, 1.807) is 5.31 Å². The minimum Gasteiger partial charge on any atom is -0.0760 e. The van der Waals surface area contributed by atoms with Crippen molar-refractivity contribution in [2.75, 3.05) is 0 Å². The van der Waals surface area contributed by atoms with Gasteiger partial charge in [-0.3, -0.25) is 0 Å². The number of fused-ring (bicyclic) bond motifs is 2. The molecule has 1 heteroatoms. The van der Waals surface area contributed by atoms with Gasteiger partial charge in [-0.15, -0.1) is 0 Å². The van der Waals surface area contributed by atoms with Gasteiger partial charge in [-0.2, -0.15) is 0 Å². The van der Waals surface area contributed by atoms with Crippen molar-refractivity contribution < 1.29 is 0 Å². The molecule has 0 heterocycles. The molecule has 2 bridgehead atoms. The summed E-state index contributed by atoms with van der Waals surface area (Å²) >= 11 is 0. The monoisotopic (exact) mass is 320 g/mol. The number of hydrogen-bond donors (Lipinski definition) is 0. The van der Waals surface area contributed by atoms with Gasteiger partial charge in [0.25, 0.3) is 0 Å². The summed E-state index contributed by atoms with van der Waals surface area (Å²) in [5.41, 5.74) is 0.738. The summed E-state index contributed by atoms with van der Waals surface area (Å²) in [4.78, 5) is 0. The molecule has 0 radical (unpaired) electrons. The third-order valence-corrected chi connectivity index (χ3v) is 9.25. The van der Waals surface area contributed by atoms with Crippen molar-refractivity contribution in [3.8, 4) is 0 Å². The lowest BCUT2D eigenvalue weighted by molar-refractivity contribution is 0.178. The van der Waals surface area contributed by atoms with Crippen molar-refractivity contribution in [1.82, 2.24) is 0 Å². The van der Waals surface area contributed by atoms with Crippen LogP contribution in [-0.2, 0) is 0 Å². The lowest BCUT2D eigenvalue weighted by atomic mass is 9.70. The Bertz CT molecular complexity index is 690. The number of hydrogen-bond acceptors (Lipinski definition) is 0. The van der Waals surface area contributed by atoms with Gasteiger partial charge in [0.2, 0.25) is 0 Å². The molecule has 2 aromatic rings. The van der Waals surface area contributed by atoms with Crippen molar-refractivity contribution in [2.45, 2.75) is 33.6 Å². The fourth-order valence-electron chi connectivity index (χ4n) is 4.56. The molecule has 0 saturated heterocycles. The van der Waals surface area contributed by atoms with E-state index < -0.39 is 7.92 Å². The van der Waals surface area contributed by atoms with Crippen molar-refractivity contribution >= 4 is 18.5 Å². The van der Waals surface area contributed by atoms with Crippen LogP contribution in [0.25, 0.3) is 0 Å². The molecule has 0 nitrogen and oxygen atoms in total. The molecule has 2 aliphatic carbocycles. The van der Waals surface area contributed by atoms with Gasteiger partial charge in [-0.1, -0.05) is 87.5 Å². The quantitative estimate of drug-likeness (QED) is 0.659. The zero-order valence-electron chi connectivity index (χ0n) is 14.3. The number of rotatable bonds is 3. The Hall–Kier alpha value is -1.39. The van der Waals surface area contributed by atoms with Gasteiger partial charge in [-0.25, -0.2) is 0 Å². The summed E-state index contributed by atoms with van der Waals surface area (Å²) < 4.78 is 0. The van der Waals surface area contributed by atoms with Gasteiger partial charge < -0.3 is 0 Å². The summed E-state index contributed by atoms with van der Waals surface area (Å²) in [6.45, 7) is 7.49. The van der Waals surface area contributed by atoms with E-state index in [0.717, 1.165) is 5.92 Å². The van der Waals surface area contributed by atoms with E-state index in [4.69, 9.17) is 0 Å². The van der Waals surface area contributed by atoms with Gasteiger partial charge in [0.05, 0.1) is 0 Å². The predicted octanol–water partition coefficient (Wildman–Crippen LogP) is 5.46. The fraction of sp³-hybridized carbons (Fsp3) is 0.364. The zero-order chi connectivity index (χ0) is 16.1. The van der Waals surface area contributed by atoms with Crippen LogP contribution in [0.5, 0.6) is 0 Å². The minimum absolute atomic E-state index is 0.342. The Morgan fingerprint density at radius 3 is 1.74 bits per heavy atom. The molecule has 1 saturated carbocycles. The van der Waals surface area contributed by atoms with Crippen molar-refractivity contribution in [2.24, 2.45) is 16.7 Å². The molecule has 23 heavy (non-hydrogen) atoms. The molecule has 0 spiro atoms. The molecule has 4 rings (SSSR count). The van der Waals surface area contributed by atoms with E-state index in [1.807, 2.05) is 0 Å². The molecule has 2 atom stereocenters. The van der Waals surface area contributed by atoms with E-state index in [-0.39, 0.29) is 0 Å². The first-order valence-electron chi connectivity index (χ1n) is 8.66. The summed E-state index contributed by atoms with van der Waals surface area (Å²) in [5.74, 6) is 0.750. The van der Waals surface area contributed by atoms with Gasteiger partial charge in [0.15, 0.2) is 0 Å². The summed E-state index contributed by atoms with van der Waals surface area (Å²) in [7, 11) is -0.413. The van der Waals surface area contributed by atoms with Crippen molar-refractivity contribution in [3.63, 3.8) is 0 Å². The van der Waals surface area contributed by atoms with Crippen LogP contribution in [0, 0.1) is 16.7 Å². The second-order valence-electron chi connectivity index (χ2n) is 7.76. The summed E-state index contributed by atoms with van der Waals surface area (Å²) in [6, 6.07) is 22.3. The van der Waals surface area contributed by atoms with Crippen LogP contribution < -0.4 is 10.6 Å². The van der Waals surface area contributed by atoms with Crippen LogP contribution in [0.15, 0.2) is 72.1 Å². The van der Waals surface area contributed by atoms with Crippen LogP contribution in [0.4, 0.5) is 0 Å². The first-order chi connectivity index (χ1) is 11.0. The third kappa shape index (κ3) is 2.15. The maximum absolute atomic E-state index is 2.65. The summed E-state index contributed by atoms with van der Waals surface area (Å²) in [6.07, 6.45) is 5.35. The topological polar surface area (TPSA) is 0 Å². The van der Waals surface area contributed by atoms with Gasteiger partial charge in [0.1, 0.15) is 0 Å². The van der Waals surface area contributed by atoms with Gasteiger partial charge >= 0.3 is 0 Å². The Labute approximate surface area is 141 Å². The zero-order valence-corrected chi connectivity index (χ0v) is 15.2. The highest BCUT2D eigenvalue weighted by Crippen LogP contribution is 2.71. The highest BCUT2D eigenvalue weighted by Gasteiger charge is 2.58. The Morgan fingerprint density at radius 1 is 0.826 bits per heavy atom. The van der Waals surface area contributed by atoms with E-state index in [1.165, 1.54) is 23.5 Å². The van der Waals surface area contributed by atoms with Gasteiger partial charge in [-0.05, 0) is 53.4 Å². The number of benzene rings is 2. The molecule has 0 N–H and O–H groups in total. The van der Waals surface area contributed by atoms with Gasteiger partial charge in [0, 0.05) is 0 Å². The fourth-order valence-corrected chi connectivity index (χ4v) is 7.58. The van der Waals surface area contributed by atoms with Crippen LogP contribution in [0.3, 0.4) is 0 Å². The Morgan fingerprint density at radius 2 is 1.35 bits per heavy atom. The Balaban J connectivity index is 1.87. The maximum atomic E-state index is 2.65. The maximum Gasteiger partial charge on any atom is -0.00107 e. The molecular weight excluding hydrogens is 295 g/mol. The van der Waals surface area contributed by atoms with Crippen LogP contribution in [0.1, 0.15) is 33.6 Å². The molecule has 0 amide bonds. The largest absolute Gasteiger partial charge is 0.0760 e. The molecule has 0 aromatic heterocycles.